The number of morpholine rings is 1. The quantitative estimate of drug-likeness (QED) is 0.946. The van der Waals surface area contributed by atoms with Gasteiger partial charge in [0.25, 0.3) is 0 Å². The second-order valence-electron chi connectivity index (χ2n) is 6.04. The lowest BCUT2D eigenvalue weighted by atomic mass is 9.90. The molecule has 0 radical (unpaired) electrons. The van der Waals surface area contributed by atoms with E-state index in [0.717, 1.165) is 37.4 Å². The highest BCUT2D eigenvalue weighted by Gasteiger charge is 2.36. The minimum Gasteiger partial charge on any atom is -0.458 e. The van der Waals surface area contributed by atoms with Crippen molar-refractivity contribution in [2.24, 2.45) is 5.73 Å². The number of fused-ring (bicyclic) bond motifs is 1. The molecule has 5 heteroatoms. The fraction of sp³-hybridized carbons (Fsp3) is 0.500. The monoisotopic (exact) mass is 308 g/mol. The molecule has 4 nitrogen and oxygen atoms in total. The number of rotatable bonds is 3. The number of hydrogen-bond acceptors (Lipinski definition) is 4. The van der Waals surface area contributed by atoms with E-state index in [1.54, 1.807) is 0 Å². The van der Waals surface area contributed by atoms with E-state index in [1.807, 2.05) is 24.3 Å². The lowest BCUT2D eigenvalue weighted by Crippen LogP contribution is -2.55. The van der Waals surface area contributed by atoms with Crippen LogP contribution in [-0.2, 0) is 4.74 Å². The summed E-state index contributed by atoms with van der Waals surface area (Å²) in [4.78, 5) is 2.36. The molecule has 1 saturated heterocycles. The van der Waals surface area contributed by atoms with Gasteiger partial charge in [0.2, 0.25) is 0 Å². The van der Waals surface area contributed by atoms with E-state index in [-0.39, 0.29) is 11.6 Å². The van der Waals surface area contributed by atoms with Gasteiger partial charge in [-0.05, 0) is 26.0 Å². The summed E-state index contributed by atoms with van der Waals surface area (Å²) < 4.78 is 11.3. The third kappa shape index (κ3) is 2.69. The maximum Gasteiger partial charge on any atom is 0.152 e. The van der Waals surface area contributed by atoms with Crippen molar-refractivity contribution in [1.82, 2.24) is 4.90 Å². The van der Waals surface area contributed by atoms with Crippen LogP contribution >= 0.6 is 11.6 Å². The van der Waals surface area contributed by atoms with Gasteiger partial charge in [-0.15, -0.1) is 0 Å². The van der Waals surface area contributed by atoms with Crippen LogP contribution in [0.3, 0.4) is 0 Å². The molecule has 2 aromatic rings. The number of hydrogen-bond donors (Lipinski definition) is 1. The summed E-state index contributed by atoms with van der Waals surface area (Å²) in [5.41, 5.74) is 7.00. The van der Waals surface area contributed by atoms with Crippen LogP contribution in [0.5, 0.6) is 0 Å². The highest BCUT2D eigenvalue weighted by molar-refractivity contribution is 6.34. The first-order valence-electron chi connectivity index (χ1n) is 7.26. The average molecular weight is 309 g/mol. The maximum absolute atomic E-state index is 6.50. The molecule has 2 heterocycles. The highest BCUT2D eigenvalue weighted by atomic mass is 35.5. The molecule has 0 bridgehead atoms. The van der Waals surface area contributed by atoms with Crippen LogP contribution in [0, 0.1) is 0 Å². The molecule has 21 heavy (non-hydrogen) atoms. The Morgan fingerprint density at radius 1 is 1.29 bits per heavy atom. The molecule has 1 aromatic carbocycles. The topological polar surface area (TPSA) is 51.6 Å². The van der Waals surface area contributed by atoms with Crippen molar-refractivity contribution < 1.29 is 9.15 Å². The van der Waals surface area contributed by atoms with Gasteiger partial charge >= 0.3 is 0 Å². The fourth-order valence-electron chi connectivity index (χ4n) is 2.89. The van der Waals surface area contributed by atoms with Gasteiger partial charge in [0.15, 0.2) is 5.58 Å². The van der Waals surface area contributed by atoms with E-state index in [0.29, 0.717) is 10.6 Å². The summed E-state index contributed by atoms with van der Waals surface area (Å²) in [6, 6.07) is 7.51. The van der Waals surface area contributed by atoms with Gasteiger partial charge in [0, 0.05) is 24.0 Å². The zero-order valence-corrected chi connectivity index (χ0v) is 13.2. The van der Waals surface area contributed by atoms with Crippen LogP contribution < -0.4 is 5.73 Å². The van der Waals surface area contributed by atoms with E-state index < -0.39 is 0 Å². The van der Waals surface area contributed by atoms with Crippen LogP contribution in [0.1, 0.15) is 25.6 Å². The molecule has 0 aliphatic carbocycles. The Bertz CT molecular complexity index is 632. The first kappa shape index (κ1) is 14.9. The van der Waals surface area contributed by atoms with Gasteiger partial charge in [-0.3, -0.25) is 4.90 Å². The third-order valence-corrected chi connectivity index (χ3v) is 4.71. The third-order valence-electron chi connectivity index (χ3n) is 4.41. The number of furan rings is 1. The molecule has 0 saturated carbocycles. The lowest BCUT2D eigenvalue weighted by Gasteiger charge is -2.43. The molecular weight excluding hydrogens is 288 g/mol. The summed E-state index contributed by atoms with van der Waals surface area (Å²) in [5, 5.41) is 1.61. The Morgan fingerprint density at radius 3 is 2.67 bits per heavy atom. The molecule has 114 valence electrons. The van der Waals surface area contributed by atoms with E-state index in [2.05, 4.69) is 18.7 Å². The molecule has 3 rings (SSSR count). The molecule has 1 aromatic heterocycles. The minimum atomic E-state index is -0.223. The average Bonchev–Trinajstić information content (AvgIpc) is 2.93. The SMILES string of the molecule is CC(C)(C(N)c1cc2cccc(Cl)c2o1)N1CCOCC1. The summed E-state index contributed by atoms with van der Waals surface area (Å²) in [6.45, 7) is 7.59. The smallest absolute Gasteiger partial charge is 0.152 e. The second kappa shape index (κ2) is 5.61. The Balaban J connectivity index is 1.91. The van der Waals surface area contributed by atoms with Crippen LogP contribution in [0.4, 0.5) is 0 Å². The summed E-state index contributed by atoms with van der Waals surface area (Å²) in [5.74, 6) is 0.773. The van der Waals surface area contributed by atoms with E-state index in [1.165, 1.54) is 0 Å². The lowest BCUT2D eigenvalue weighted by molar-refractivity contribution is -0.0211. The van der Waals surface area contributed by atoms with Crippen molar-refractivity contribution in [3.63, 3.8) is 0 Å². The van der Waals surface area contributed by atoms with E-state index in [4.69, 9.17) is 26.5 Å². The van der Waals surface area contributed by atoms with Crippen LogP contribution in [-0.4, -0.2) is 36.7 Å². The largest absolute Gasteiger partial charge is 0.458 e. The van der Waals surface area contributed by atoms with Crippen LogP contribution in [0.25, 0.3) is 11.0 Å². The van der Waals surface area contributed by atoms with Gasteiger partial charge in [0.1, 0.15) is 5.76 Å². The first-order valence-corrected chi connectivity index (χ1v) is 7.64. The van der Waals surface area contributed by atoms with Crippen molar-refractivity contribution >= 4 is 22.6 Å². The molecule has 1 aliphatic heterocycles. The fourth-order valence-corrected chi connectivity index (χ4v) is 3.11. The zero-order valence-electron chi connectivity index (χ0n) is 12.4. The molecule has 2 N–H and O–H groups in total. The van der Waals surface area contributed by atoms with E-state index in [9.17, 15) is 0 Å². The van der Waals surface area contributed by atoms with Gasteiger partial charge in [0.05, 0.1) is 24.3 Å². The Hall–Kier alpha value is -1.07. The van der Waals surface area contributed by atoms with Gasteiger partial charge in [-0.25, -0.2) is 0 Å². The highest BCUT2D eigenvalue weighted by Crippen LogP contribution is 2.35. The van der Waals surface area contributed by atoms with E-state index >= 15 is 0 Å². The Morgan fingerprint density at radius 2 is 2.00 bits per heavy atom. The molecular formula is C16H21ClN2O2. The van der Waals surface area contributed by atoms with Crippen molar-refractivity contribution in [2.45, 2.75) is 25.4 Å². The maximum atomic E-state index is 6.50. The van der Waals surface area contributed by atoms with Crippen molar-refractivity contribution in [2.75, 3.05) is 26.3 Å². The van der Waals surface area contributed by atoms with Crippen LogP contribution in [0.15, 0.2) is 28.7 Å². The second-order valence-corrected chi connectivity index (χ2v) is 6.44. The van der Waals surface area contributed by atoms with Crippen LogP contribution in [0.2, 0.25) is 5.02 Å². The van der Waals surface area contributed by atoms with Crippen molar-refractivity contribution in [3.8, 4) is 0 Å². The molecule has 1 aliphatic rings. The predicted octanol–water partition coefficient (Wildman–Crippen LogP) is 3.20. The standard InChI is InChI=1S/C16H21ClN2O2/c1-16(2,19-6-8-20-9-7-19)15(18)13-10-11-4-3-5-12(17)14(11)21-13/h3-5,10,15H,6-9,18H2,1-2H3. The number of nitrogens with zero attached hydrogens (tertiary/aromatic N) is 1. The summed E-state index contributed by atoms with van der Waals surface area (Å²) in [7, 11) is 0. The molecule has 1 atom stereocenters. The molecule has 0 amide bonds. The molecule has 1 unspecified atom stereocenters. The molecule has 1 fully saturated rings. The number of nitrogens with two attached hydrogens (primary N) is 1. The number of benzene rings is 1. The zero-order chi connectivity index (χ0) is 15.0. The first-order chi connectivity index (χ1) is 10.00. The number of halogens is 1. The predicted molar refractivity (Wildman–Crippen MR) is 84.6 cm³/mol. The van der Waals surface area contributed by atoms with Crippen molar-refractivity contribution in [1.29, 1.82) is 0 Å². The molecule has 0 spiro atoms. The summed E-state index contributed by atoms with van der Waals surface area (Å²) in [6.07, 6.45) is 0. The minimum absolute atomic E-state index is 0.204. The number of para-hydroxylation sites is 1. The van der Waals surface area contributed by atoms with Crippen molar-refractivity contribution in [3.05, 3.63) is 35.0 Å². The van der Waals surface area contributed by atoms with Gasteiger partial charge < -0.3 is 14.9 Å². The van der Waals surface area contributed by atoms with Gasteiger partial charge in [-0.2, -0.15) is 0 Å². The number of ether oxygens (including phenoxy) is 1. The summed E-state index contributed by atoms with van der Waals surface area (Å²) >= 11 is 6.18. The Kier molecular flexibility index (Phi) is 3.97. The van der Waals surface area contributed by atoms with Gasteiger partial charge in [-0.1, -0.05) is 23.7 Å². The normalized spacial score (nSPS) is 19.0. The Labute approximate surface area is 129 Å².